The zero-order valence-corrected chi connectivity index (χ0v) is 27.4. The monoisotopic (exact) mass is 606 g/mol. The van der Waals surface area contributed by atoms with E-state index in [4.69, 9.17) is 9.47 Å². The third kappa shape index (κ3) is 6.99. The van der Waals surface area contributed by atoms with Crippen molar-refractivity contribution in [3.8, 4) is 0 Å². The summed E-state index contributed by atoms with van der Waals surface area (Å²) in [5.41, 5.74) is 2.27. The van der Waals surface area contributed by atoms with Crippen LogP contribution >= 0.6 is 0 Å². The Morgan fingerprint density at radius 2 is 1.57 bits per heavy atom. The van der Waals surface area contributed by atoms with Gasteiger partial charge in [-0.15, -0.1) is 0 Å². The predicted molar refractivity (Wildman–Crippen MR) is 181 cm³/mol. The molecule has 2 fully saturated rings. The fourth-order valence-corrected chi connectivity index (χ4v) is 13.1. The van der Waals surface area contributed by atoms with Crippen molar-refractivity contribution in [1.82, 2.24) is 0 Å². The molecule has 5 rings (SSSR count). The summed E-state index contributed by atoms with van der Waals surface area (Å²) in [6, 6.07) is 32.5. The minimum atomic E-state index is -2.40. The van der Waals surface area contributed by atoms with Crippen molar-refractivity contribution in [3.63, 3.8) is 0 Å². The zero-order valence-electron chi connectivity index (χ0n) is 26.4. The highest BCUT2D eigenvalue weighted by molar-refractivity contribution is 7.04. The zero-order chi connectivity index (χ0) is 30.9. The van der Waals surface area contributed by atoms with E-state index in [1.54, 1.807) is 12.1 Å². The summed E-state index contributed by atoms with van der Waals surface area (Å²) in [7, 11) is -2.40. The van der Waals surface area contributed by atoms with Crippen LogP contribution in [0.1, 0.15) is 69.7 Å². The average molecular weight is 607 g/mol. The van der Waals surface area contributed by atoms with Gasteiger partial charge < -0.3 is 9.47 Å². The molecule has 1 heterocycles. The Bertz CT molecular complexity index is 1390. The van der Waals surface area contributed by atoms with Crippen LogP contribution < -0.4 is 10.4 Å². The number of benzene rings is 3. The van der Waals surface area contributed by atoms with Crippen molar-refractivity contribution in [2.75, 3.05) is 0 Å². The van der Waals surface area contributed by atoms with Crippen molar-refractivity contribution in [2.45, 2.75) is 83.1 Å². The summed E-state index contributed by atoms with van der Waals surface area (Å²) in [5.74, 6) is -0.521. The van der Waals surface area contributed by atoms with Crippen molar-refractivity contribution < 1.29 is 19.1 Å². The van der Waals surface area contributed by atoms with Crippen molar-refractivity contribution in [2.24, 2.45) is 11.8 Å². The summed E-state index contributed by atoms with van der Waals surface area (Å²) >= 11 is 0. The van der Waals surface area contributed by atoms with Crippen LogP contribution in [0.5, 0.6) is 0 Å². The van der Waals surface area contributed by atoms with E-state index in [2.05, 4.69) is 99.7 Å². The first-order chi connectivity index (χ1) is 21.5. The Hall–Kier alpha value is -3.70. The fraction of sp³-hybridized carbons (Fsp3) is 0.385. The lowest BCUT2D eigenvalue weighted by Gasteiger charge is -2.40. The second-order valence-electron chi connectivity index (χ2n) is 12.5. The van der Waals surface area contributed by atoms with E-state index in [0.717, 1.165) is 18.9 Å². The molecule has 1 saturated heterocycles. The van der Waals surface area contributed by atoms with E-state index in [9.17, 15) is 9.59 Å². The van der Waals surface area contributed by atoms with Gasteiger partial charge in [0.25, 0.3) is 0 Å². The molecule has 3 aromatic carbocycles. The Kier molecular flexibility index (Phi) is 10.7. The van der Waals surface area contributed by atoms with Crippen LogP contribution in [0.25, 0.3) is 0 Å². The molecule has 1 aliphatic heterocycles. The van der Waals surface area contributed by atoms with Gasteiger partial charge in [-0.1, -0.05) is 139 Å². The van der Waals surface area contributed by atoms with Gasteiger partial charge >= 0.3 is 11.9 Å². The first-order valence-electron chi connectivity index (χ1n) is 16.3. The first-order valence-corrected chi connectivity index (χ1v) is 18.6. The number of carbonyl (C=O) groups is 2. The van der Waals surface area contributed by atoms with Crippen LogP contribution in [0.3, 0.4) is 0 Å². The molecular formula is C39H46O4Si. The molecule has 230 valence electrons. The molecule has 4 nitrogen and oxygen atoms in total. The molecule has 0 bridgehead atoms. The summed E-state index contributed by atoms with van der Waals surface area (Å²) in [4.78, 5) is 25.6. The summed E-state index contributed by atoms with van der Waals surface area (Å²) in [5, 5.41) is 2.88. The number of hydrogen-bond donors (Lipinski definition) is 0. The van der Waals surface area contributed by atoms with Gasteiger partial charge in [0.05, 0.1) is 12.0 Å². The number of hydrogen-bond acceptors (Lipinski definition) is 4. The van der Waals surface area contributed by atoms with Gasteiger partial charge in [-0.05, 0) is 44.0 Å². The van der Waals surface area contributed by atoms with E-state index in [1.165, 1.54) is 28.8 Å². The number of fused-ring (bicyclic) bond motifs is 1. The van der Waals surface area contributed by atoms with Crippen LogP contribution in [0, 0.1) is 11.8 Å². The molecule has 5 atom stereocenters. The van der Waals surface area contributed by atoms with E-state index >= 15 is 0 Å². The van der Waals surface area contributed by atoms with Gasteiger partial charge in [0.2, 0.25) is 0 Å². The maximum absolute atomic E-state index is 13.2. The third-order valence-corrected chi connectivity index (χ3v) is 15.4. The minimum Gasteiger partial charge on any atom is -0.462 e. The molecule has 0 unspecified atom stereocenters. The van der Waals surface area contributed by atoms with Gasteiger partial charge in [0.1, 0.15) is 20.3 Å². The Balaban J connectivity index is 1.57. The van der Waals surface area contributed by atoms with Crippen LogP contribution in [-0.4, -0.2) is 32.2 Å². The number of allylic oxidation sites excluding steroid dienone is 3. The highest BCUT2D eigenvalue weighted by Gasteiger charge is 2.51. The maximum Gasteiger partial charge on any atom is 0.338 e. The average Bonchev–Trinajstić information content (AvgIpc) is 3.57. The number of ether oxygens (including phenoxy) is 2. The van der Waals surface area contributed by atoms with Gasteiger partial charge in [0.15, 0.2) is 0 Å². The molecular weight excluding hydrogens is 561 g/mol. The van der Waals surface area contributed by atoms with E-state index in [-0.39, 0.29) is 36.0 Å². The molecule has 3 aromatic rings. The van der Waals surface area contributed by atoms with Gasteiger partial charge in [-0.2, -0.15) is 0 Å². The van der Waals surface area contributed by atoms with Crippen LogP contribution in [0.2, 0.25) is 11.6 Å². The molecule has 0 aromatic heterocycles. The fourth-order valence-electron chi connectivity index (χ4n) is 7.40. The normalized spacial score (nSPS) is 22.5. The van der Waals surface area contributed by atoms with Crippen molar-refractivity contribution >= 4 is 30.4 Å². The molecule has 0 spiro atoms. The van der Waals surface area contributed by atoms with E-state index in [1.807, 2.05) is 18.2 Å². The second kappa shape index (κ2) is 14.9. The molecule has 0 radical (unpaired) electrons. The maximum atomic E-state index is 13.2. The quantitative estimate of drug-likeness (QED) is 0.0859. The molecule has 44 heavy (non-hydrogen) atoms. The molecule has 1 saturated carbocycles. The SMILES string of the molecule is C/C=C(/C)C[Si](c1ccccc1)(c1ccccc1)[C@H](/C=C/[C@@H]1[C@H]2CC(=O)O[C@H]2C[C@H]1OC(=O)c1ccccc1)CCCCC. The van der Waals surface area contributed by atoms with E-state index < -0.39 is 8.07 Å². The summed E-state index contributed by atoms with van der Waals surface area (Å²) in [6.45, 7) is 6.67. The molecule has 0 amide bonds. The van der Waals surface area contributed by atoms with Crippen molar-refractivity contribution in [3.05, 3.63) is 120 Å². The van der Waals surface area contributed by atoms with Gasteiger partial charge in [-0.25, -0.2) is 4.79 Å². The summed E-state index contributed by atoms with van der Waals surface area (Å²) < 4.78 is 11.9. The number of rotatable bonds is 13. The highest BCUT2D eigenvalue weighted by atomic mass is 28.3. The lowest BCUT2D eigenvalue weighted by molar-refractivity contribution is -0.141. The largest absolute Gasteiger partial charge is 0.462 e. The standard InChI is InChI=1S/C39H46O4Si/c1-4-6-10-19-33(44(28-29(3)5-2,31-20-13-8-14-21-31)32-22-15-9-16-23-32)24-25-34-35-26-38(40)42-37(35)27-36(34)43-39(41)30-17-11-7-12-18-30/h5,7-9,11-18,20-25,33-37H,4,6,10,19,26-28H2,1-3H3/b25-24+,29-5-/t33-,34+,35+,36+,37-/m0/s1. The number of esters is 2. The van der Waals surface area contributed by atoms with E-state index in [0.29, 0.717) is 23.9 Å². The lowest BCUT2D eigenvalue weighted by Crippen LogP contribution is -2.61. The van der Waals surface area contributed by atoms with Crippen molar-refractivity contribution in [1.29, 1.82) is 0 Å². The predicted octanol–water partition coefficient (Wildman–Crippen LogP) is 7.90. The Labute approximate surface area is 264 Å². The molecule has 5 heteroatoms. The Morgan fingerprint density at radius 1 is 0.955 bits per heavy atom. The van der Waals surface area contributed by atoms with Crippen LogP contribution in [0.4, 0.5) is 0 Å². The molecule has 0 N–H and O–H groups in total. The minimum absolute atomic E-state index is 0.0189. The third-order valence-electron chi connectivity index (χ3n) is 9.76. The van der Waals surface area contributed by atoms with Gasteiger partial charge in [-0.3, -0.25) is 4.79 Å². The van der Waals surface area contributed by atoms with Gasteiger partial charge in [0, 0.05) is 18.3 Å². The second-order valence-corrected chi connectivity index (χ2v) is 16.7. The van der Waals surface area contributed by atoms with Crippen LogP contribution in [0.15, 0.2) is 115 Å². The highest BCUT2D eigenvalue weighted by Crippen LogP contribution is 2.45. The number of carbonyl (C=O) groups excluding carboxylic acids is 2. The smallest absolute Gasteiger partial charge is 0.338 e. The first kappa shape index (κ1) is 31.7. The Morgan fingerprint density at radius 3 is 2.16 bits per heavy atom. The van der Waals surface area contributed by atoms with Crippen LogP contribution in [-0.2, 0) is 14.3 Å². The summed E-state index contributed by atoms with van der Waals surface area (Å²) in [6.07, 6.45) is 12.0. The lowest BCUT2D eigenvalue weighted by atomic mass is 9.91. The topological polar surface area (TPSA) is 52.6 Å². The molecule has 2 aliphatic rings. The number of unbranched alkanes of at least 4 members (excludes halogenated alkanes) is 2. The molecule has 1 aliphatic carbocycles.